The van der Waals surface area contributed by atoms with Gasteiger partial charge in [0.05, 0.1) is 0 Å². The molecule has 0 unspecified atom stereocenters. The molecule has 1 N–H and O–H groups in total. The van der Waals surface area contributed by atoms with Crippen molar-refractivity contribution >= 4 is 11.9 Å². The molecule has 0 spiro atoms. The van der Waals surface area contributed by atoms with E-state index in [2.05, 4.69) is 0 Å². The normalized spacial score (nSPS) is 20.5. The van der Waals surface area contributed by atoms with Crippen LogP contribution in [0.4, 0.5) is 4.39 Å². The molecule has 1 aromatic rings. The van der Waals surface area contributed by atoms with Gasteiger partial charge in [-0.05, 0) is 74.9 Å². The maximum absolute atomic E-state index is 13.6. The highest BCUT2D eigenvalue weighted by Crippen LogP contribution is 2.31. The van der Waals surface area contributed by atoms with Gasteiger partial charge < -0.3 is 10.0 Å². The van der Waals surface area contributed by atoms with Crippen LogP contribution in [-0.4, -0.2) is 53.0 Å². The summed E-state index contributed by atoms with van der Waals surface area (Å²) in [6.07, 6.45) is 4.45. The Kier molecular flexibility index (Phi) is 5.91. The van der Waals surface area contributed by atoms with E-state index in [1.165, 1.54) is 12.1 Å². The van der Waals surface area contributed by atoms with Gasteiger partial charge in [-0.1, -0.05) is 6.07 Å². The Balaban J connectivity index is 1.59. The summed E-state index contributed by atoms with van der Waals surface area (Å²) in [7, 11) is 0. The monoisotopic (exact) mass is 362 g/mol. The number of aryl methyl sites for hydroxylation is 1. The second kappa shape index (κ2) is 8.16. The number of piperidine rings is 1. The molecule has 1 atom stereocenters. The Bertz CT molecular complexity index is 671. The zero-order valence-electron chi connectivity index (χ0n) is 15.3. The van der Waals surface area contributed by atoms with Crippen LogP contribution in [0.2, 0.25) is 0 Å². The van der Waals surface area contributed by atoms with Gasteiger partial charge >= 0.3 is 5.97 Å². The van der Waals surface area contributed by atoms with Crippen LogP contribution < -0.4 is 0 Å². The number of carboxylic acids is 1. The average Bonchev–Trinajstić information content (AvgIpc) is 3.02. The average molecular weight is 362 g/mol. The van der Waals surface area contributed by atoms with E-state index in [-0.39, 0.29) is 5.91 Å². The lowest BCUT2D eigenvalue weighted by molar-refractivity contribution is -0.144. The number of carboxylic acid groups (broad SMARTS) is 1. The Labute approximate surface area is 153 Å². The summed E-state index contributed by atoms with van der Waals surface area (Å²) >= 11 is 0. The van der Waals surface area contributed by atoms with Crippen LogP contribution in [0.3, 0.4) is 0 Å². The number of halogens is 1. The zero-order valence-corrected chi connectivity index (χ0v) is 15.3. The van der Waals surface area contributed by atoms with Crippen molar-refractivity contribution in [1.29, 1.82) is 0 Å². The van der Waals surface area contributed by atoms with E-state index in [0.29, 0.717) is 31.0 Å². The summed E-state index contributed by atoms with van der Waals surface area (Å²) in [6.45, 7) is 4.88. The van der Waals surface area contributed by atoms with Gasteiger partial charge in [-0.2, -0.15) is 0 Å². The molecular formula is C20H27FN2O3. The molecule has 0 aromatic heterocycles. The molecule has 2 aliphatic rings. The first-order valence-corrected chi connectivity index (χ1v) is 9.46. The van der Waals surface area contributed by atoms with E-state index >= 15 is 0 Å². The fraction of sp³-hybridized carbons (Fsp3) is 0.600. The van der Waals surface area contributed by atoms with E-state index in [9.17, 15) is 19.1 Å². The summed E-state index contributed by atoms with van der Waals surface area (Å²) < 4.78 is 13.6. The third-order valence-corrected chi connectivity index (χ3v) is 5.76. The standard InChI is InChI=1S/C20H27FN2O3/c1-14-4-5-16(21)13-17(14)19(20(25)26)23-11-7-15(8-12-23)6-10-22-9-2-3-18(22)24/h4-5,13,15,19H,2-3,6-12H2,1H3,(H,25,26)/t19-/m0/s1. The third kappa shape index (κ3) is 4.23. The number of carbonyl (C=O) groups excluding carboxylic acids is 1. The van der Waals surface area contributed by atoms with Crippen LogP contribution in [0.25, 0.3) is 0 Å². The molecule has 2 aliphatic heterocycles. The number of hydrogen-bond donors (Lipinski definition) is 1. The second-order valence-electron chi connectivity index (χ2n) is 7.49. The lowest BCUT2D eigenvalue weighted by Gasteiger charge is -2.36. The summed E-state index contributed by atoms with van der Waals surface area (Å²) in [4.78, 5) is 27.5. The molecule has 2 fully saturated rings. The van der Waals surface area contributed by atoms with E-state index in [1.807, 2.05) is 16.7 Å². The summed E-state index contributed by atoms with van der Waals surface area (Å²) in [6, 6.07) is 3.55. The lowest BCUT2D eigenvalue weighted by atomic mass is 9.90. The molecule has 0 bridgehead atoms. The van der Waals surface area contributed by atoms with Crippen molar-refractivity contribution in [2.24, 2.45) is 5.92 Å². The SMILES string of the molecule is Cc1ccc(F)cc1[C@@H](C(=O)O)N1CCC(CCN2CCCC2=O)CC1. The van der Waals surface area contributed by atoms with Crippen LogP contribution in [0.1, 0.15) is 49.3 Å². The quantitative estimate of drug-likeness (QED) is 0.845. The first kappa shape index (κ1) is 18.8. The molecule has 2 saturated heterocycles. The predicted octanol–water partition coefficient (Wildman–Crippen LogP) is 2.98. The topological polar surface area (TPSA) is 60.9 Å². The van der Waals surface area contributed by atoms with Crippen molar-refractivity contribution in [1.82, 2.24) is 9.80 Å². The van der Waals surface area contributed by atoms with Crippen molar-refractivity contribution in [2.45, 2.75) is 45.1 Å². The maximum Gasteiger partial charge on any atom is 0.325 e. The van der Waals surface area contributed by atoms with Crippen molar-refractivity contribution in [3.63, 3.8) is 0 Å². The number of nitrogens with zero attached hydrogens (tertiary/aromatic N) is 2. The second-order valence-corrected chi connectivity index (χ2v) is 7.49. The van der Waals surface area contributed by atoms with Gasteiger partial charge in [-0.15, -0.1) is 0 Å². The fourth-order valence-corrected chi connectivity index (χ4v) is 4.17. The minimum atomic E-state index is -0.931. The molecule has 5 nitrogen and oxygen atoms in total. The van der Waals surface area contributed by atoms with Crippen molar-refractivity contribution < 1.29 is 19.1 Å². The molecule has 26 heavy (non-hydrogen) atoms. The first-order chi connectivity index (χ1) is 12.5. The highest BCUT2D eigenvalue weighted by Gasteiger charge is 2.32. The number of likely N-dealkylation sites (tertiary alicyclic amines) is 2. The number of carbonyl (C=O) groups is 2. The van der Waals surface area contributed by atoms with Crippen molar-refractivity contribution in [3.8, 4) is 0 Å². The number of benzene rings is 1. The molecule has 6 heteroatoms. The highest BCUT2D eigenvalue weighted by atomic mass is 19.1. The molecule has 142 valence electrons. The summed E-state index contributed by atoms with van der Waals surface area (Å²) in [5.41, 5.74) is 1.34. The van der Waals surface area contributed by atoms with Crippen molar-refractivity contribution in [2.75, 3.05) is 26.2 Å². The van der Waals surface area contributed by atoms with E-state index < -0.39 is 17.8 Å². The lowest BCUT2D eigenvalue weighted by Crippen LogP contribution is -2.41. The van der Waals surface area contributed by atoms with Crippen molar-refractivity contribution in [3.05, 3.63) is 35.1 Å². The van der Waals surface area contributed by atoms with Gasteiger partial charge in [0, 0.05) is 19.5 Å². The fourth-order valence-electron chi connectivity index (χ4n) is 4.17. The smallest absolute Gasteiger partial charge is 0.325 e. The molecular weight excluding hydrogens is 335 g/mol. The minimum absolute atomic E-state index is 0.259. The van der Waals surface area contributed by atoms with Gasteiger partial charge in [-0.25, -0.2) is 4.39 Å². The van der Waals surface area contributed by atoms with Gasteiger partial charge in [-0.3, -0.25) is 14.5 Å². The van der Waals surface area contributed by atoms with Gasteiger partial charge in [0.15, 0.2) is 0 Å². The van der Waals surface area contributed by atoms with E-state index in [4.69, 9.17) is 0 Å². The molecule has 1 aromatic carbocycles. The molecule has 0 saturated carbocycles. The van der Waals surface area contributed by atoms with E-state index in [1.54, 1.807) is 6.07 Å². The maximum atomic E-state index is 13.6. The van der Waals surface area contributed by atoms with Gasteiger partial charge in [0.2, 0.25) is 5.91 Å². The summed E-state index contributed by atoms with van der Waals surface area (Å²) in [5, 5.41) is 9.73. The molecule has 2 heterocycles. The number of hydrogen-bond acceptors (Lipinski definition) is 3. The largest absolute Gasteiger partial charge is 0.480 e. The Morgan fingerprint density at radius 3 is 2.65 bits per heavy atom. The molecule has 3 rings (SSSR count). The summed E-state index contributed by atoms with van der Waals surface area (Å²) in [5.74, 6) is -0.556. The van der Waals surface area contributed by atoms with Crippen LogP contribution in [0.5, 0.6) is 0 Å². The highest BCUT2D eigenvalue weighted by molar-refractivity contribution is 5.78. The number of aliphatic carboxylic acids is 1. The van der Waals surface area contributed by atoms with Crippen LogP contribution in [0, 0.1) is 18.7 Å². The molecule has 0 aliphatic carbocycles. The molecule has 0 radical (unpaired) electrons. The van der Waals surface area contributed by atoms with Crippen LogP contribution >= 0.6 is 0 Å². The van der Waals surface area contributed by atoms with Crippen LogP contribution in [-0.2, 0) is 9.59 Å². The molecule has 1 amide bonds. The number of amides is 1. The third-order valence-electron chi connectivity index (χ3n) is 5.76. The van der Waals surface area contributed by atoms with E-state index in [0.717, 1.165) is 44.3 Å². The van der Waals surface area contributed by atoms with Gasteiger partial charge in [0.1, 0.15) is 11.9 Å². The van der Waals surface area contributed by atoms with Crippen LogP contribution in [0.15, 0.2) is 18.2 Å². The Hall–Kier alpha value is -1.95. The Morgan fingerprint density at radius 1 is 1.31 bits per heavy atom. The Morgan fingerprint density at radius 2 is 2.04 bits per heavy atom. The predicted molar refractivity (Wildman–Crippen MR) is 96.2 cm³/mol. The zero-order chi connectivity index (χ0) is 18.7. The first-order valence-electron chi connectivity index (χ1n) is 9.46. The minimum Gasteiger partial charge on any atom is -0.480 e. The number of rotatable bonds is 6. The van der Waals surface area contributed by atoms with Gasteiger partial charge in [0.25, 0.3) is 0 Å².